The zero-order chi connectivity index (χ0) is 16.6. The molecule has 1 aromatic carbocycles. The monoisotopic (exact) mass is 330 g/mol. The van der Waals surface area contributed by atoms with E-state index in [2.05, 4.69) is 15.4 Å². The summed E-state index contributed by atoms with van der Waals surface area (Å²) in [5, 5.41) is 6.91. The van der Waals surface area contributed by atoms with Gasteiger partial charge in [0.2, 0.25) is 4.96 Å². The van der Waals surface area contributed by atoms with E-state index >= 15 is 0 Å². The highest BCUT2D eigenvalue weighted by molar-refractivity contribution is 7.17. The Morgan fingerprint density at radius 1 is 1.30 bits per heavy atom. The molecule has 2 aromatic heterocycles. The first-order valence-corrected chi connectivity index (χ1v) is 7.68. The minimum atomic E-state index is -0.440. The quantitative estimate of drug-likeness (QED) is 0.589. The average molecular weight is 330 g/mol. The third kappa shape index (κ3) is 3.07. The van der Waals surface area contributed by atoms with Crippen LogP contribution in [0.2, 0.25) is 0 Å². The van der Waals surface area contributed by atoms with Crippen LogP contribution in [0.3, 0.4) is 0 Å². The molecule has 0 fully saturated rings. The van der Waals surface area contributed by atoms with E-state index in [0.29, 0.717) is 11.3 Å². The normalized spacial score (nSPS) is 10.7. The Morgan fingerprint density at radius 2 is 2.09 bits per heavy atom. The molecule has 0 aliphatic carbocycles. The molecular formula is C15H14N4O3S. The number of carbonyl (C=O) groups is 2. The number of esters is 1. The summed E-state index contributed by atoms with van der Waals surface area (Å²) >= 11 is 1.51. The summed E-state index contributed by atoms with van der Waals surface area (Å²) in [7, 11) is 0. The van der Waals surface area contributed by atoms with Gasteiger partial charge in [0.05, 0.1) is 5.69 Å². The van der Waals surface area contributed by atoms with Crippen LogP contribution in [0.4, 0.5) is 5.95 Å². The topological polar surface area (TPSA) is 85.6 Å². The van der Waals surface area contributed by atoms with Gasteiger partial charge in [-0.05, 0) is 32.0 Å². The number of nitrogens with zero attached hydrogens (tertiary/aromatic N) is 3. The molecule has 23 heavy (non-hydrogen) atoms. The van der Waals surface area contributed by atoms with Crippen molar-refractivity contribution in [1.29, 1.82) is 0 Å². The Balaban J connectivity index is 1.81. The summed E-state index contributed by atoms with van der Waals surface area (Å²) < 4.78 is 6.67. The van der Waals surface area contributed by atoms with Gasteiger partial charge in [-0.15, -0.1) is 5.10 Å². The summed E-state index contributed by atoms with van der Waals surface area (Å²) in [4.78, 5) is 29.4. The van der Waals surface area contributed by atoms with E-state index < -0.39 is 5.97 Å². The predicted octanol–water partition coefficient (Wildman–Crippen LogP) is 2.59. The van der Waals surface area contributed by atoms with Crippen molar-refractivity contribution < 1.29 is 14.3 Å². The average Bonchev–Trinajstić information content (AvgIpc) is 2.98. The fourth-order valence-corrected chi connectivity index (χ4v) is 2.94. The number of rotatable bonds is 3. The van der Waals surface area contributed by atoms with Gasteiger partial charge in [-0.1, -0.05) is 17.4 Å². The molecular weight excluding hydrogens is 316 g/mol. The number of thiazole rings is 1. The van der Waals surface area contributed by atoms with Crippen molar-refractivity contribution in [3.8, 4) is 5.75 Å². The number of fused-ring (bicyclic) bond motifs is 1. The van der Waals surface area contributed by atoms with E-state index in [4.69, 9.17) is 4.74 Å². The van der Waals surface area contributed by atoms with Gasteiger partial charge in [0.1, 0.15) is 5.75 Å². The molecule has 3 rings (SSSR count). The lowest BCUT2D eigenvalue weighted by Crippen LogP contribution is -2.13. The van der Waals surface area contributed by atoms with Crippen LogP contribution >= 0.6 is 11.3 Å². The third-order valence-electron chi connectivity index (χ3n) is 3.23. The standard InChI is InChI=1S/C15H14N4O3S/c1-8-9(2)23-15-17-14(18-19(8)15)16-13(21)11-5-4-6-12(7-11)22-10(3)20/h4-7H,1-3H3,(H,16,18,21). The molecule has 0 radical (unpaired) electrons. The van der Waals surface area contributed by atoms with Crippen molar-refractivity contribution in [2.75, 3.05) is 5.32 Å². The number of carbonyl (C=O) groups excluding carboxylic acids is 2. The van der Waals surface area contributed by atoms with Gasteiger partial charge in [0, 0.05) is 17.4 Å². The zero-order valence-electron chi connectivity index (χ0n) is 12.8. The molecule has 0 aliphatic heterocycles. The maximum Gasteiger partial charge on any atom is 0.308 e. The van der Waals surface area contributed by atoms with Gasteiger partial charge in [-0.2, -0.15) is 4.98 Å². The highest BCUT2D eigenvalue weighted by Gasteiger charge is 2.14. The molecule has 8 heteroatoms. The predicted molar refractivity (Wildman–Crippen MR) is 86.0 cm³/mol. The van der Waals surface area contributed by atoms with E-state index in [0.717, 1.165) is 15.5 Å². The van der Waals surface area contributed by atoms with Gasteiger partial charge in [-0.25, -0.2) is 4.52 Å². The molecule has 0 aliphatic rings. The number of ether oxygens (including phenoxy) is 1. The zero-order valence-corrected chi connectivity index (χ0v) is 13.6. The Labute approximate surface area is 135 Å². The molecule has 3 aromatic rings. The van der Waals surface area contributed by atoms with E-state index in [1.807, 2.05) is 13.8 Å². The second kappa shape index (κ2) is 5.81. The van der Waals surface area contributed by atoms with Crippen molar-refractivity contribution in [2.24, 2.45) is 0 Å². The smallest absolute Gasteiger partial charge is 0.308 e. The van der Waals surface area contributed by atoms with Crippen LogP contribution in [0.25, 0.3) is 4.96 Å². The molecule has 1 N–H and O–H groups in total. The van der Waals surface area contributed by atoms with Crippen molar-refractivity contribution in [2.45, 2.75) is 20.8 Å². The molecule has 0 saturated heterocycles. The Hall–Kier alpha value is -2.74. The van der Waals surface area contributed by atoms with Crippen LogP contribution in [0, 0.1) is 13.8 Å². The number of anilines is 1. The van der Waals surface area contributed by atoms with Gasteiger partial charge < -0.3 is 4.74 Å². The summed E-state index contributed by atoms with van der Waals surface area (Å²) in [5.74, 6) is -0.256. The lowest BCUT2D eigenvalue weighted by molar-refractivity contribution is -0.131. The molecule has 1 amide bonds. The highest BCUT2D eigenvalue weighted by Crippen LogP contribution is 2.21. The largest absolute Gasteiger partial charge is 0.427 e. The first kappa shape index (κ1) is 15.2. The van der Waals surface area contributed by atoms with Crippen LogP contribution in [-0.4, -0.2) is 26.5 Å². The van der Waals surface area contributed by atoms with Crippen LogP contribution < -0.4 is 10.1 Å². The number of hydrogen-bond donors (Lipinski definition) is 1. The van der Waals surface area contributed by atoms with Crippen molar-refractivity contribution >= 4 is 34.1 Å². The Kier molecular flexibility index (Phi) is 3.83. The van der Waals surface area contributed by atoms with Crippen molar-refractivity contribution in [3.63, 3.8) is 0 Å². The SMILES string of the molecule is CC(=O)Oc1cccc(C(=O)Nc2nc3sc(C)c(C)n3n2)c1. The van der Waals surface area contributed by atoms with E-state index in [9.17, 15) is 9.59 Å². The molecule has 0 unspecified atom stereocenters. The molecule has 2 heterocycles. The van der Waals surface area contributed by atoms with E-state index in [1.165, 1.54) is 24.3 Å². The van der Waals surface area contributed by atoms with Crippen molar-refractivity contribution in [1.82, 2.24) is 14.6 Å². The minimum Gasteiger partial charge on any atom is -0.427 e. The second-order valence-corrected chi connectivity index (χ2v) is 6.13. The van der Waals surface area contributed by atoms with Crippen LogP contribution in [-0.2, 0) is 4.79 Å². The first-order chi connectivity index (χ1) is 10.9. The maximum atomic E-state index is 12.3. The summed E-state index contributed by atoms with van der Waals surface area (Å²) in [5.41, 5.74) is 1.35. The molecule has 7 nitrogen and oxygen atoms in total. The molecule has 118 valence electrons. The van der Waals surface area contributed by atoms with E-state index in [1.54, 1.807) is 22.7 Å². The lowest BCUT2D eigenvalue weighted by Gasteiger charge is -2.04. The molecule has 0 saturated carbocycles. The minimum absolute atomic E-state index is 0.238. The Morgan fingerprint density at radius 3 is 2.78 bits per heavy atom. The van der Waals surface area contributed by atoms with Crippen LogP contribution in [0.5, 0.6) is 5.75 Å². The number of aromatic nitrogens is 3. The van der Waals surface area contributed by atoms with Crippen LogP contribution in [0.1, 0.15) is 27.9 Å². The summed E-state index contributed by atoms with van der Waals surface area (Å²) in [6, 6.07) is 6.36. The fraction of sp³-hybridized carbons (Fsp3) is 0.200. The maximum absolute atomic E-state index is 12.3. The lowest BCUT2D eigenvalue weighted by atomic mass is 10.2. The summed E-state index contributed by atoms with van der Waals surface area (Å²) in [6.07, 6.45) is 0. The molecule has 0 bridgehead atoms. The number of hydrogen-bond acceptors (Lipinski definition) is 6. The number of aryl methyl sites for hydroxylation is 2. The van der Waals surface area contributed by atoms with Gasteiger partial charge in [0.15, 0.2) is 0 Å². The Bertz CT molecular complexity index is 913. The molecule has 0 atom stereocenters. The van der Waals surface area contributed by atoms with Gasteiger partial charge in [-0.3, -0.25) is 14.9 Å². The number of nitrogens with one attached hydrogen (secondary N) is 1. The number of benzene rings is 1. The fourth-order valence-electron chi connectivity index (χ4n) is 2.04. The van der Waals surface area contributed by atoms with Crippen molar-refractivity contribution in [3.05, 3.63) is 40.4 Å². The van der Waals surface area contributed by atoms with Gasteiger partial charge >= 0.3 is 5.97 Å². The first-order valence-electron chi connectivity index (χ1n) is 6.86. The van der Waals surface area contributed by atoms with Gasteiger partial charge in [0.25, 0.3) is 11.9 Å². The summed E-state index contributed by atoms with van der Waals surface area (Å²) in [6.45, 7) is 5.25. The van der Waals surface area contributed by atoms with Crippen LogP contribution in [0.15, 0.2) is 24.3 Å². The number of amides is 1. The van der Waals surface area contributed by atoms with E-state index in [-0.39, 0.29) is 11.9 Å². The molecule has 0 spiro atoms. The third-order valence-corrected chi connectivity index (χ3v) is 4.28. The highest BCUT2D eigenvalue weighted by atomic mass is 32.1. The second-order valence-electron chi connectivity index (χ2n) is 4.95.